The molecule has 0 aliphatic carbocycles. The summed E-state index contributed by atoms with van der Waals surface area (Å²) in [6.45, 7) is 3.44. The van der Waals surface area contributed by atoms with Gasteiger partial charge in [0.1, 0.15) is 0 Å². The van der Waals surface area contributed by atoms with Gasteiger partial charge in [-0.15, -0.1) is 0 Å². The predicted octanol–water partition coefficient (Wildman–Crippen LogP) is 3.32. The largest absolute Gasteiger partial charge is 0.392 e. The molecule has 0 aliphatic heterocycles. The lowest BCUT2D eigenvalue weighted by Crippen LogP contribution is -1.95. The number of aliphatic hydroxyl groups excluding tert-OH is 1. The van der Waals surface area contributed by atoms with E-state index in [4.69, 9.17) is 5.11 Å². The number of aliphatic hydroxyl groups is 1. The van der Waals surface area contributed by atoms with Gasteiger partial charge in [-0.3, -0.25) is 0 Å². The molecule has 0 unspecified atom stereocenters. The van der Waals surface area contributed by atoms with Crippen molar-refractivity contribution in [3.63, 3.8) is 0 Å². The van der Waals surface area contributed by atoms with E-state index < -0.39 is 0 Å². The Hall–Kier alpha value is -1.28. The summed E-state index contributed by atoms with van der Waals surface area (Å²) in [7, 11) is 0. The second kappa shape index (κ2) is 5.17. The first kappa shape index (κ1) is 11.2. The third-order valence-electron chi connectivity index (χ3n) is 3.02. The van der Waals surface area contributed by atoms with Crippen LogP contribution in [0.5, 0.6) is 0 Å². The van der Waals surface area contributed by atoms with Crippen molar-refractivity contribution < 1.29 is 5.11 Å². The molecule has 2 rings (SSSR count). The molecule has 0 saturated carbocycles. The third-order valence-corrected chi connectivity index (χ3v) is 3.02. The Morgan fingerprint density at radius 1 is 1.19 bits per heavy atom. The third kappa shape index (κ3) is 2.27. The molecule has 1 aromatic carbocycles. The Labute approximate surface area is 96.5 Å². The maximum atomic E-state index is 9.07. The number of aryl methyl sites for hydroxylation is 1. The summed E-state index contributed by atoms with van der Waals surface area (Å²) in [4.78, 5) is 0. The molecule has 86 valence electrons. The number of aromatic nitrogens is 1. The van der Waals surface area contributed by atoms with Crippen LogP contribution in [0.15, 0.2) is 30.5 Å². The standard InChI is InChI=1S/C14H19NO/c1-2-3-4-8-15-9-7-13-10-12(11-16)5-6-14(13)15/h5-7,9-10,16H,2-4,8,11H2,1H3. The SMILES string of the molecule is CCCCCn1ccc2cc(CO)ccc21. The monoisotopic (exact) mass is 217 g/mol. The van der Waals surface area contributed by atoms with Gasteiger partial charge in [0.15, 0.2) is 0 Å². The first-order valence-corrected chi connectivity index (χ1v) is 6.03. The van der Waals surface area contributed by atoms with E-state index in [0.717, 1.165) is 12.1 Å². The molecule has 0 fully saturated rings. The van der Waals surface area contributed by atoms with Gasteiger partial charge in [0.2, 0.25) is 0 Å². The molecular formula is C14H19NO. The van der Waals surface area contributed by atoms with Crippen LogP contribution in [0.2, 0.25) is 0 Å². The lowest BCUT2D eigenvalue weighted by molar-refractivity contribution is 0.282. The van der Waals surface area contributed by atoms with Crippen molar-refractivity contribution >= 4 is 10.9 Å². The minimum atomic E-state index is 0.122. The van der Waals surface area contributed by atoms with E-state index in [9.17, 15) is 0 Å². The summed E-state index contributed by atoms with van der Waals surface area (Å²) < 4.78 is 2.30. The zero-order valence-electron chi connectivity index (χ0n) is 9.82. The number of fused-ring (bicyclic) bond motifs is 1. The minimum absolute atomic E-state index is 0.122. The first-order valence-electron chi connectivity index (χ1n) is 6.03. The highest BCUT2D eigenvalue weighted by atomic mass is 16.3. The van der Waals surface area contributed by atoms with Crippen LogP contribution in [-0.4, -0.2) is 9.67 Å². The lowest BCUT2D eigenvalue weighted by atomic mass is 10.2. The van der Waals surface area contributed by atoms with Gasteiger partial charge in [-0.2, -0.15) is 0 Å². The van der Waals surface area contributed by atoms with Gasteiger partial charge in [-0.05, 0) is 35.6 Å². The average Bonchev–Trinajstić information content (AvgIpc) is 2.72. The van der Waals surface area contributed by atoms with Crippen molar-refractivity contribution in [2.75, 3.05) is 0 Å². The topological polar surface area (TPSA) is 25.2 Å². The molecule has 0 saturated heterocycles. The van der Waals surface area contributed by atoms with Gasteiger partial charge < -0.3 is 9.67 Å². The molecule has 0 bridgehead atoms. The Morgan fingerprint density at radius 3 is 2.81 bits per heavy atom. The van der Waals surface area contributed by atoms with E-state index in [2.05, 4.69) is 35.9 Å². The summed E-state index contributed by atoms with van der Waals surface area (Å²) in [6, 6.07) is 8.29. The molecule has 1 aromatic heterocycles. The van der Waals surface area contributed by atoms with Crippen molar-refractivity contribution in [2.45, 2.75) is 39.3 Å². The van der Waals surface area contributed by atoms with Gasteiger partial charge in [0.05, 0.1) is 6.61 Å². The molecule has 0 amide bonds. The molecule has 0 atom stereocenters. The Kier molecular flexibility index (Phi) is 3.62. The van der Waals surface area contributed by atoms with Gasteiger partial charge in [-0.25, -0.2) is 0 Å². The quantitative estimate of drug-likeness (QED) is 0.764. The fraction of sp³-hybridized carbons (Fsp3) is 0.429. The fourth-order valence-corrected chi connectivity index (χ4v) is 2.08. The minimum Gasteiger partial charge on any atom is -0.392 e. The Balaban J connectivity index is 2.20. The van der Waals surface area contributed by atoms with Crippen molar-refractivity contribution in [2.24, 2.45) is 0 Å². The summed E-state index contributed by atoms with van der Waals surface area (Å²) in [6.07, 6.45) is 5.92. The van der Waals surface area contributed by atoms with Crippen molar-refractivity contribution in [3.8, 4) is 0 Å². The average molecular weight is 217 g/mol. The van der Waals surface area contributed by atoms with Crippen LogP contribution in [0.4, 0.5) is 0 Å². The molecule has 0 aliphatic rings. The Bertz CT molecular complexity index is 459. The second-order valence-electron chi connectivity index (χ2n) is 4.27. The zero-order valence-corrected chi connectivity index (χ0v) is 9.82. The summed E-state index contributed by atoms with van der Waals surface area (Å²) in [5.41, 5.74) is 2.26. The number of rotatable bonds is 5. The molecule has 2 aromatic rings. The van der Waals surface area contributed by atoms with Crippen LogP contribution >= 0.6 is 0 Å². The van der Waals surface area contributed by atoms with Crippen LogP contribution < -0.4 is 0 Å². The smallest absolute Gasteiger partial charge is 0.0682 e. The number of unbranched alkanes of at least 4 members (excludes halogenated alkanes) is 2. The highest BCUT2D eigenvalue weighted by Crippen LogP contribution is 2.18. The molecule has 2 heteroatoms. The van der Waals surface area contributed by atoms with E-state index in [1.807, 2.05) is 6.07 Å². The molecule has 0 spiro atoms. The van der Waals surface area contributed by atoms with Crippen LogP contribution in [-0.2, 0) is 13.2 Å². The highest BCUT2D eigenvalue weighted by Gasteiger charge is 2.01. The highest BCUT2D eigenvalue weighted by molar-refractivity contribution is 5.80. The number of hydrogen-bond acceptors (Lipinski definition) is 1. The van der Waals surface area contributed by atoms with Crippen LogP contribution in [0.25, 0.3) is 10.9 Å². The van der Waals surface area contributed by atoms with Gasteiger partial charge in [-0.1, -0.05) is 25.8 Å². The van der Waals surface area contributed by atoms with E-state index in [-0.39, 0.29) is 6.61 Å². The van der Waals surface area contributed by atoms with E-state index in [0.29, 0.717) is 0 Å². The molecule has 1 N–H and O–H groups in total. The van der Waals surface area contributed by atoms with Crippen molar-refractivity contribution in [1.29, 1.82) is 0 Å². The lowest BCUT2D eigenvalue weighted by Gasteiger charge is -2.05. The normalized spacial score (nSPS) is 11.1. The molecule has 2 nitrogen and oxygen atoms in total. The number of hydrogen-bond donors (Lipinski definition) is 1. The number of nitrogens with zero attached hydrogens (tertiary/aromatic N) is 1. The van der Waals surface area contributed by atoms with Gasteiger partial charge in [0, 0.05) is 18.3 Å². The van der Waals surface area contributed by atoms with Crippen molar-refractivity contribution in [3.05, 3.63) is 36.0 Å². The van der Waals surface area contributed by atoms with Crippen LogP contribution in [0, 0.1) is 0 Å². The molecule has 1 heterocycles. The van der Waals surface area contributed by atoms with E-state index >= 15 is 0 Å². The zero-order chi connectivity index (χ0) is 11.4. The maximum absolute atomic E-state index is 9.07. The van der Waals surface area contributed by atoms with Crippen LogP contribution in [0.3, 0.4) is 0 Å². The van der Waals surface area contributed by atoms with Crippen LogP contribution in [0.1, 0.15) is 31.7 Å². The first-order chi connectivity index (χ1) is 7.85. The van der Waals surface area contributed by atoms with E-state index in [1.165, 1.54) is 30.2 Å². The van der Waals surface area contributed by atoms with Gasteiger partial charge >= 0.3 is 0 Å². The summed E-state index contributed by atoms with van der Waals surface area (Å²) in [5, 5.41) is 10.3. The summed E-state index contributed by atoms with van der Waals surface area (Å²) in [5.74, 6) is 0. The van der Waals surface area contributed by atoms with Gasteiger partial charge in [0.25, 0.3) is 0 Å². The summed E-state index contributed by atoms with van der Waals surface area (Å²) >= 11 is 0. The maximum Gasteiger partial charge on any atom is 0.0682 e. The fourth-order valence-electron chi connectivity index (χ4n) is 2.08. The number of benzene rings is 1. The predicted molar refractivity (Wildman–Crippen MR) is 67.4 cm³/mol. The molecule has 0 radical (unpaired) electrons. The second-order valence-corrected chi connectivity index (χ2v) is 4.27. The van der Waals surface area contributed by atoms with Crippen molar-refractivity contribution in [1.82, 2.24) is 4.57 Å². The molecular weight excluding hydrogens is 198 g/mol. The van der Waals surface area contributed by atoms with E-state index in [1.54, 1.807) is 0 Å². The molecule has 16 heavy (non-hydrogen) atoms. The Morgan fingerprint density at radius 2 is 2.06 bits per heavy atom.